The summed E-state index contributed by atoms with van der Waals surface area (Å²) < 4.78 is 29.4. The van der Waals surface area contributed by atoms with Gasteiger partial charge in [0.05, 0.1) is 11.5 Å². The van der Waals surface area contributed by atoms with Crippen molar-refractivity contribution in [3.05, 3.63) is 59.2 Å². The molecule has 1 aromatic rings. The molecule has 0 amide bonds. The number of fused-ring (bicyclic) bond motifs is 3. The van der Waals surface area contributed by atoms with Crippen molar-refractivity contribution >= 4 is 35.6 Å². The van der Waals surface area contributed by atoms with Gasteiger partial charge in [-0.05, 0) is 55.5 Å². The lowest BCUT2D eigenvalue weighted by Crippen LogP contribution is -2.65. The summed E-state index contributed by atoms with van der Waals surface area (Å²) in [5, 5.41) is 11.4. The van der Waals surface area contributed by atoms with Crippen LogP contribution in [0.3, 0.4) is 0 Å². The van der Waals surface area contributed by atoms with E-state index in [2.05, 4.69) is 6.58 Å². The summed E-state index contributed by atoms with van der Waals surface area (Å²) in [6, 6.07) is 8.18. The fourth-order valence-electron chi connectivity index (χ4n) is 8.78. The lowest BCUT2D eigenvalue weighted by molar-refractivity contribution is -0.201. The maximum atomic E-state index is 15.0. The lowest BCUT2D eigenvalue weighted by Gasteiger charge is -2.58. The molecule has 0 heterocycles. The van der Waals surface area contributed by atoms with Gasteiger partial charge in [-0.3, -0.25) is 28.9 Å². The van der Waals surface area contributed by atoms with Crippen LogP contribution in [0.2, 0.25) is 0 Å². The Bertz CT molecular complexity index is 1650. The van der Waals surface area contributed by atoms with Crippen LogP contribution in [-0.2, 0) is 52.5 Å². The number of carbonyl (C=O) groups is 6. The van der Waals surface area contributed by atoms with Gasteiger partial charge in [-0.25, -0.2) is 4.79 Å². The molecule has 0 unspecified atom stereocenters. The van der Waals surface area contributed by atoms with Gasteiger partial charge in [-0.1, -0.05) is 57.7 Å². The van der Waals surface area contributed by atoms with Crippen molar-refractivity contribution in [3.8, 4) is 0 Å². The van der Waals surface area contributed by atoms with Crippen LogP contribution in [0, 0.1) is 22.7 Å². The first-order valence-corrected chi connectivity index (χ1v) is 17.4. The van der Waals surface area contributed by atoms with E-state index in [-0.39, 0.29) is 18.4 Å². The van der Waals surface area contributed by atoms with Crippen molar-refractivity contribution in [3.63, 3.8) is 0 Å². The molecule has 284 valence electrons. The summed E-state index contributed by atoms with van der Waals surface area (Å²) in [5.41, 5.74) is -0.974. The van der Waals surface area contributed by atoms with Crippen molar-refractivity contribution in [1.29, 1.82) is 0 Å². The fourth-order valence-corrected chi connectivity index (χ4v) is 8.78. The highest BCUT2D eigenvalue weighted by atomic mass is 16.6. The monoisotopic (exact) mass is 725 g/mol. The molecule has 0 radical (unpaired) electrons. The lowest BCUT2D eigenvalue weighted by atomic mass is 9.49. The van der Waals surface area contributed by atoms with E-state index < -0.39 is 101 Å². The number of ketones is 1. The average molecular weight is 726 g/mol. The first-order chi connectivity index (χ1) is 24.1. The number of esters is 5. The maximum absolute atomic E-state index is 15.0. The van der Waals surface area contributed by atoms with Crippen molar-refractivity contribution in [2.45, 2.75) is 111 Å². The Hall–Kier alpha value is -4.36. The highest BCUT2D eigenvalue weighted by Gasteiger charge is 2.65. The SMILES string of the molecule is C=C1[C@H]2C[C@H]3[C@@H](OC(C)=O)[C@H](OC(C)=O)C(C)=C(C(=O)[C@H](OC(C)=O)[C@@]2(C)[C@H](OC(C)=O)C[C@H]1OC(=O)[C@@H](O)[C@H](c1ccccc1)N(C)C)C3(C)C. The fraction of sp³-hybridized carbons (Fsp3) is 0.590. The Labute approximate surface area is 304 Å². The Morgan fingerprint density at radius 3 is 1.92 bits per heavy atom. The predicted octanol–water partition coefficient (Wildman–Crippen LogP) is 3.82. The minimum absolute atomic E-state index is 0.0819. The summed E-state index contributed by atoms with van der Waals surface area (Å²) >= 11 is 0. The minimum Gasteiger partial charge on any atom is -0.462 e. The van der Waals surface area contributed by atoms with E-state index in [9.17, 15) is 33.9 Å². The number of carbonyl (C=O) groups excluding carboxylic acids is 6. The van der Waals surface area contributed by atoms with Crippen LogP contribution >= 0.6 is 0 Å². The van der Waals surface area contributed by atoms with Crippen molar-refractivity contribution < 1.29 is 57.6 Å². The molecular weight excluding hydrogens is 674 g/mol. The standard InChI is InChI=1S/C39H51NO12/c1-19-26-17-27-35(50-23(5)43)34(49-22(4)42)20(2)30(38(27,7)8)32(45)36(51-24(6)44)39(26,9)29(48-21(3)41)18-28(19)52-37(47)33(46)31(40(10)11)25-15-13-12-14-16-25/h12-16,26-29,31,33-36,46H,1,17-18H2,2-11H3/t26-,27+,28-,29-,31+,33+,34-,35-,36+,39-/m1/s1. The van der Waals surface area contributed by atoms with Crippen LogP contribution in [0.15, 0.2) is 53.6 Å². The maximum Gasteiger partial charge on any atom is 0.337 e. The summed E-state index contributed by atoms with van der Waals surface area (Å²) in [6.07, 6.45) is -7.74. The smallest absolute Gasteiger partial charge is 0.337 e. The third-order valence-electron chi connectivity index (χ3n) is 11.0. The molecule has 1 N–H and O–H groups in total. The van der Waals surface area contributed by atoms with Crippen molar-refractivity contribution in [2.75, 3.05) is 14.1 Å². The van der Waals surface area contributed by atoms with Gasteiger partial charge in [0.1, 0.15) is 18.3 Å². The summed E-state index contributed by atoms with van der Waals surface area (Å²) in [7, 11) is 3.44. The zero-order chi connectivity index (χ0) is 39.0. The first kappa shape index (κ1) is 40.4. The molecule has 4 rings (SSSR count). The van der Waals surface area contributed by atoms with E-state index >= 15 is 0 Å². The number of hydrogen-bond acceptors (Lipinski definition) is 13. The van der Waals surface area contributed by atoms with E-state index in [1.165, 1.54) is 20.8 Å². The van der Waals surface area contributed by atoms with Gasteiger partial charge in [0.2, 0.25) is 5.78 Å². The quantitative estimate of drug-likeness (QED) is 0.222. The highest BCUT2D eigenvalue weighted by Crippen LogP contribution is 2.60. The summed E-state index contributed by atoms with van der Waals surface area (Å²) in [5.74, 6) is -5.91. The molecule has 2 bridgehead atoms. The molecule has 2 fully saturated rings. The molecule has 1 aromatic carbocycles. The molecule has 0 saturated heterocycles. The first-order valence-electron chi connectivity index (χ1n) is 17.4. The Balaban J connectivity index is 1.90. The number of hydrogen-bond donors (Lipinski definition) is 1. The van der Waals surface area contributed by atoms with Gasteiger partial charge < -0.3 is 28.8 Å². The van der Waals surface area contributed by atoms with Crippen LogP contribution in [0.5, 0.6) is 0 Å². The van der Waals surface area contributed by atoms with E-state index in [0.717, 1.165) is 6.92 Å². The van der Waals surface area contributed by atoms with Crippen LogP contribution in [0.25, 0.3) is 0 Å². The number of benzene rings is 1. The number of aliphatic hydroxyl groups excluding tert-OH is 1. The van der Waals surface area contributed by atoms with Gasteiger partial charge in [0, 0.05) is 45.6 Å². The Morgan fingerprint density at radius 2 is 1.40 bits per heavy atom. The topological polar surface area (TPSA) is 172 Å². The van der Waals surface area contributed by atoms with E-state index in [4.69, 9.17) is 23.7 Å². The average Bonchev–Trinajstić information content (AvgIpc) is 3.02. The Kier molecular flexibility index (Phi) is 11.9. The molecule has 13 nitrogen and oxygen atoms in total. The molecule has 3 aliphatic rings. The third kappa shape index (κ3) is 7.57. The van der Waals surface area contributed by atoms with Crippen LogP contribution in [0.4, 0.5) is 0 Å². The van der Waals surface area contributed by atoms with Gasteiger partial charge >= 0.3 is 29.8 Å². The number of aliphatic hydroxyl groups is 1. The van der Waals surface area contributed by atoms with Gasteiger partial charge in [-0.2, -0.15) is 0 Å². The molecule has 52 heavy (non-hydrogen) atoms. The summed E-state index contributed by atoms with van der Waals surface area (Å²) in [4.78, 5) is 80.9. The third-order valence-corrected chi connectivity index (χ3v) is 11.0. The minimum atomic E-state index is -1.64. The normalized spacial score (nSPS) is 30.9. The zero-order valence-electron chi connectivity index (χ0n) is 31.6. The van der Waals surface area contributed by atoms with Crippen molar-refractivity contribution in [2.24, 2.45) is 22.7 Å². The van der Waals surface area contributed by atoms with E-state index in [0.29, 0.717) is 16.7 Å². The molecule has 0 spiro atoms. The molecule has 2 saturated carbocycles. The molecule has 3 aliphatic carbocycles. The van der Waals surface area contributed by atoms with Crippen LogP contribution in [0.1, 0.15) is 79.8 Å². The predicted molar refractivity (Wildman–Crippen MR) is 186 cm³/mol. The molecule has 0 aliphatic heterocycles. The molecule has 10 atom stereocenters. The second-order valence-electron chi connectivity index (χ2n) is 15.1. The number of nitrogens with zero attached hydrogens (tertiary/aromatic N) is 1. The van der Waals surface area contributed by atoms with Crippen LogP contribution < -0.4 is 0 Å². The highest BCUT2D eigenvalue weighted by molar-refractivity contribution is 6.03. The Morgan fingerprint density at radius 1 is 0.846 bits per heavy atom. The van der Waals surface area contributed by atoms with Crippen molar-refractivity contribution in [1.82, 2.24) is 4.90 Å². The van der Waals surface area contributed by atoms with Gasteiger partial charge in [0.15, 0.2) is 18.3 Å². The molecule has 0 aromatic heterocycles. The van der Waals surface area contributed by atoms with E-state index in [1.54, 1.807) is 71.0 Å². The molecule has 13 heteroatoms. The summed E-state index contributed by atoms with van der Waals surface area (Å²) in [6.45, 7) is 16.0. The number of rotatable bonds is 9. The second kappa shape index (κ2) is 15.3. The van der Waals surface area contributed by atoms with E-state index in [1.807, 2.05) is 6.07 Å². The zero-order valence-corrected chi connectivity index (χ0v) is 31.6. The largest absolute Gasteiger partial charge is 0.462 e. The number of Topliss-reactive ketones (excluding diaryl/α,β-unsaturated/α-hetero) is 1. The van der Waals surface area contributed by atoms with Gasteiger partial charge in [-0.15, -0.1) is 0 Å². The number of ether oxygens (including phenoxy) is 5. The van der Waals surface area contributed by atoms with Crippen LogP contribution in [-0.4, -0.2) is 96.4 Å². The van der Waals surface area contributed by atoms with Gasteiger partial charge in [0.25, 0.3) is 0 Å². The molecular formula is C39H51NO12. The number of likely N-dealkylation sites (N-methyl/N-ethyl adjacent to an activating group) is 1. The second-order valence-corrected chi connectivity index (χ2v) is 15.1.